The third-order valence-electron chi connectivity index (χ3n) is 2.83. The lowest BCUT2D eigenvalue weighted by Crippen LogP contribution is -2.62. The minimum Gasteiger partial charge on any atom is -0.343 e. The summed E-state index contributed by atoms with van der Waals surface area (Å²) in [5.41, 5.74) is 0. The van der Waals surface area contributed by atoms with E-state index in [9.17, 15) is 9.59 Å². The number of hydrogen-bond acceptors (Lipinski definition) is 2. The summed E-state index contributed by atoms with van der Waals surface area (Å²) in [6.45, 7) is 6.46. The Hall–Kier alpha value is -1.06. The maximum Gasteiger partial charge on any atom is 0.245 e. The van der Waals surface area contributed by atoms with Gasteiger partial charge in [-0.1, -0.05) is 20.3 Å². The highest BCUT2D eigenvalue weighted by Gasteiger charge is 2.36. The molecule has 1 heterocycles. The molecule has 1 saturated heterocycles. The second-order valence-corrected chi connectivity index (χ2v) is 4.04. The maximum absolute atomic E-state index is 11.9. The number of nitrogens with zero attached hydrogens (tertiary/aromatic N) is 1. The summed E-state index contributed by atoms with van der Waals surface area (Å²) in [5, 5.41) is 2.71. The first-order valence-electron chi connectivity index (χ1n) is 5.72. The summed E-state index contributed by atoms with van der Waals surface area (Å²) in [6, 6.07) is -0.627. The predicted molar refractivity (Wildman–Crippen MR) is 58.3 cm³/mol. The van der Waals surface area contributed by atoms with Crippen LogP contribution in [0.4, 0.5) is 0 Å². The number of nitrogens with one attached hydrogen (secondary N) is 1. The molecular formula is C11H20N2O2. The minimum atomic E-state index is -0.364. The fourth-order valence-electron chi connectivity index (χ4n) is 1.92. The summed E-state index contributed by atoms with van der Waals surface area (Å²) in [6.07, 6.45) is 2.69. The van der Waals surface area contributed by atoms with Crippen molar-refractivity contribution in [3.8, 4) is 0 Å². The Morgan fingerprint density at radius 2 is 2.00 bits per heavy atom. The van der Waals surface area contributed by atoms with E-state index in [0.717, 1.165) is 12.8 Å². The smallest absolute Gasteiger partial charge is 0.245 e. The lowest BCUT2D eigenvalue weighted by molar-refractivity contribution is -0.149. The van der Waals surface area contributed by atoms with Gasteiger partial charge in [0.2, 0.25) is 11.8 Å². The van der Waals surface area contributed by atoms with E-state index >= 15 is 0 Å². The molecule has 0 saturated carbocycles. The van der Waals surface area contributed by atoms with Crippen LogP contribution in [0.1, 0.15) is 40.0 Å². The molecule has 1 aliphatic heterocycles. The Morgan fingerprint density at radius 1 is 1.33 bits per heavy atom. The zero-order chi connectivity index (χ0) is 11.4. The number of rotatable bonds is 4. The van der Waals surface area contributed by atoms with Crippen LogP contribution < -0.4 is 5.32 Å². The molecule has 1 rings (SSSR count). The van der Waals surface area contributed by atoms with Gasteiger partial charge in [-0.15, -0.1) is 0 Å². The number of piperazine rings is 1. The zero-order valence-electron chi connectivity index (χ0n) is 9.75. The Labute approximate surface area is 91.0 Å². The molecule has 4 heteroatoms. The fraction of sp³-hybridized carbons (Fsp3) is 0.818. The molecule has 4 nitrogen and oxygen atoms in total. The fourth-order valence-corrected chi connectivity index (χ4v) is 1.92. The molecule has 1 N–H and O–H groups in total. The molecule has 0 aromatic heterocycles. The Bertz CT molecular complexity index is 253. The predicted octanol–water partition coefficient (Wildman–Crippen LogP) is 0.912. The normalized spacial score (nSPS) is 26.7. The van der Waals surface area contributed by atoms with Gasteiger partial charge < -0.3 is 10.2 Å². The van der Waals surface area contributed by atoms with Gasteiger partial charge in [0.05, 0.1) is 0 Å². The van der Waals surface area contributed by atoms with Crippen LogP contribution in [0.5, 0.6) is 0 Å². The van der Waals surface area contributed by atoms with Crippen LogP contribution in [0.3, 0.4) is 0 Å². The van der Waals surface area contributed by atoms with Gasteiger partial charge in [-0.3, -0.25) is 9.59 Å². The molecule has 0 bridgehead atoms. The highest BCUT2D eigenvalue weighted by atomic mass is 16.2. The molecule has 0 aliphatic carbocycles. The second kappa shape index (κ2) is 5.14. The highest BCUT2D eigenvalue weighted by Crippen LogP contribution is 2.13. The summed E-state index contributed by atoms with van der Waals surface area (Å²) in [5.74, 6) is 0.0376. The average molecular weight is 212 g/mol. The van der Waals surface area contributed by atoms with Crippen LogP contribution in [0.15, 0.2) is 0 Å². The number of amides is 2. The summed E-state index contributed by atoms with van der Waals surface area (Å²) in [7, 11) is 0. The van der Waals surface area contributed by atoms with Crippen molar-refractivity contribution in [2.75, 3.05) is 6.54 Å². The topological polar surface area (TPSA) is 49.4 Å². The van der Waals surface area contributed by atoms with Crippen LogP contribution in [-0.4, -0.2) is 35.3 Å². The van der Waals surface area contributed by atoms with E-state index in [2.05, 4.69) is 12.2 Å². The molecule has 2 amide bonds. The van der Waals surface area contributed by atoms with Crippen molar-refractivity contribution in [1.29, 1.82) is 0 Å². The van der Waals surface area contributed by atoms with Gasteiger partial charge in [-0.2, -0.15) is 0 Å². The molecule has 0 aromatic carbocycles. The van der Waals surface area contributed by atoms with E-state index < -0.39 is 0 Å². The lowest BCUT2D eigenvalue weighted by Gasteiger charge is -2.37. The van der Waals surface area contributed by atoms with E-state index in [0.29, 0.717) is 13.0 Å². The molecule has 1 aliphatic rings. The van der Waals surface area contributed by atoms with Gasteiger partial charge in [0, 0.05) is 6.54 Å². The van der Waals surface area contributed by atoms with E-state index in [-0.39, 0.29) is 23.9 Å². The number of hydrogen-bond donors (Lipinski definition) is 1. The van der Waals surface area contributed by atoms with Crippen molar-refractivity contribution in [3.05, 3.63) is 0 Å². The van der Waals surface area contributed by atoms with Crippen molar-refractivity contribution < 1.29 is 9.59 Å². The van der Waals surface area contributed by atoms with Crippen LogP contribution in [0, 0.1) is 0 Å². The van der Waals surface area contributed by atoms with E-state index in [1.165, 1.54) is 0 Å². The molecule has 1 fully saturated rings. The standard InChI is InChI=1S/C11H20N2O2/c1-4-6-7-13-9(5-2)10(14)12-8(3)11(13)15/h8-9H,4-7H2,1-3H3,(H,12,14). The summed E-state index contributed by atoms with van der Waals surface area (Å²) in [4.78, 5) is 25.2. The van der Waals surface area contributed by atoms with Crippen molar-refractivity contribution in [2.45, 2.75) is 52.1 Å². The first-order chi connectivity index (χ1) is 7.11. The molecular weight excluding hydrogens is 192 g/mol. The van der Waals surface area contributed by atoms with E-state index in [1.807, 2.05) is 6.92 Å². The minimum absolute atomic E-state index is 0.0132. The molecule has 86 valence electrons. The second-order valence-electron chi connectivity index (χ2n) is 4.04. The Morgan fingerprint density at radius 3 is 2.53 bits per heavy atom. The third-order valence-corrected chi connectivity index (χ3v) is 2.83. The SMILES string of the molecule is CCCCN1C(=O)C(C)NC(=O)C1CC. The largest absolute Gasteiger partial charge is 0.343 e. The first-order valence-corrected chi connectivity index (χ1v) is 5.72. The maximum atomic E-state index is 11.9. The van der Waals surface area contributed by atoms with Crippen molar-refractivity contribution in [3.63, 3.8) is 0 Å². The molecule has 2 atom stereocenters. The van der Waals surface area contributed by atoms with Gasteiger partial charge in [0.15, 0.2) is 0 Å². The van der Waals surface area contributed by atoms with Crippen LogP contribution in [-0.2, 0) is 9.59 Å². The average Bonchev–Trinajstić information content (AvgIpc) is 2.21. The van der Waals surface area contributed by atoms with Crippen LogP contribution in [0.2, 0.25) is 0 Å². The molecule has 0 radical (unpaired) electrons. The van der Waals surface area contributed by atoms with Crippen molar-refractivity contribution in [1.82, 2.24) is 10.2 Å². The monoisotopic (exact) mass is 212 g/mol. The van der Waals surface area contributed by atoms with Gasteiger partial charge in [-0.25, -0.2) is 0 Å². The van der Waals surface area contributed by atoms with Gasteiger partial charge in [-0.05, 0) is 19.8 Å². The van der Waals surface area contributed by atoms with Gasteiger partial charge in [0.25, 0.3) is 0 Å². The van der Waals surface area contributed by atoms with Gasteiger partial charge >= 0.3 is 0 Å². The quantitative estimate of drug-likeness (QED) is 0.753. The lowest BCUT2D eigenvalue weighted by atomic mass is 10.1. The molecule has 0 aromatic rings. The number of unbranched alkanes of at least 4 members (excludes halogenated alkanes) is 1. The first kappa shape index (κ1) is 12.0. The molecule has 0 spiro atoms. The zero-order valence-corrected chi connectivity index (χ0v) is 9.75. The Kier molecular flexibility index (Phi) is 4.12. The Balaban J connectivity index is 2.74. The third kappa shape index (κ3) is 2.49. The van der Waals surface area contributed by atoms with Gasteiger partial charge in [0.1, 0.15) is 12.1 Å². The molecule has 15 heavy (non-hydrogen) atoms. The van der Waals surface area contributed by atoms with E-state index in [4.69, 9.17) is 0 Å². The van der Waals surface area contributed by atoms with Crippen molar-refractivity contribution in [2.24, 2.45) is 0 Å². The summed E-state index contributed by atoms with van der Waals surface area (Å²) >= 11 is 0. The number of carbonyl (C=O) groups excluding carboxylic acids is 2. The summed E-state index contributed by atoms with van der Waals surface area (Å²) < 4.78 is 0. The van der Waals surface area contributed by atoms with E-state index in [1.54, 1.807) is 11.8 Å². The molecule has 2 unspecified atom stereocenters. The van der Waals surface area contributed by atoms with Crippen LogP contribution >= 0.6 is 0 Å². The highest BCUT2D eigenvalue weighted by molar-refractivity contribution is 5.96. The number of carbonyl (C=O) groups is 2. The van der Waals surface area contributed by atoms with Crippen LogP contribution in [0.25, 0.3) is 0 Å². The van der Waals surface area contributed by atoms with Crippen molar-refractivity contribution >= 4 is 11.8 Å².